The van der Waals surface area contributed by atoms with Gasteiger partial charge in [-0.2, -0.15) is 11.8 Å². The van der Waals surface area contributed by atoms with Crippen molar-refractivity contribution >= 4 is 46.5 Å². The lowest BCUT2D eigenvalue weighted by Crippen LogP contribution is -2.36. The Bertz CT molecular complexity index is 469. The summed E-state index contributed by atoms with van der Waals surface area (Å²) < 4.78 is 0. The average molecular weight is 351 g/mol. The number of thiazole rings is 1. The summed E-state index contributed by atoms with van der Waals surface area (Å²) in [6.07, 6.45) is 3.68. The summed E-state index contributed by atoms with van der Waals surface area (Å²) in [4.78, 5) is 20.1. The molecule has 5 nitrogen and oxygen atoms in total. The van der Waals surface area contributed by atoms with Crippen molar-refractivity contribution in [2.24, 2.45) is 5.73 Å². The first-order valence-electron chi connectivity index (χ1n) is 6.90. The number of nitrogens with zero attached hydrogens (tertiary/aromatic N) is 2. The van der Waals surface area contributed by atoms with E-state index in [-0.39, 0.29) is 18.3 Å². The van der Waals surface area contributed by atoms with E-state index in [9.17, 15) is 4.79 Å². The van der Waals surface area contributed by atoms with E-state index in [1.54, 1.807) is 23.1 Å². The SMILES string of the molecule is CCN1CCc2nc(NC(=O)C(N)CCSC)sc2C1.Cl. The van der Waals surface area contributed by atoms with Gasteiger partial charge in [0, 0.05) is 24.4 Å². The number of carbonyl (C=O) groups is 1. The number of hydrogen-bond acceptors (Lipinski definition) is 6. The quantitative estimate of drug-likeness (QED) is 0.820. The van der Waals surface area contributed by atoms with E-state index in [1.165, 1.54) is 4.88 Å². The maximum atomic E-state index is 12.0. The molecule has 0 spiro atoms. The lowest BCUT2D eigenvalue weighted by atomic mass is 10.2. The van der Waals surface area contributed by atoms with E-state index in [4.69, 9.17) is 5.73 Å². The second kappa shape index (κ2) is 8.95. The van der Waals surface area contributed by atoms with Crippen LogP contribution in [0.1, 0.15) is 23.9 Å². The van der Waals surface area contributed by atoms with Crippen LogP contribution in [0.3, 0.4) is 0 Å². The zero-order valence-electron chi connectivity index (χ0n) is 12.4. The lowest BCUT2D eigenvalue weighted by molar-refractivity contribution is -0.117. The molecular formula is C13H23ClN4OS2. The number of thioether (sulfide) groups is 1. The number of aromatic nitrogens is 1. The number of carbonyl (C=O) groups excluding carboxylic acids is 1. The van der Waals surface area contributed by atoms with Crippen molar-refractivity contribution in [2.45, 2.75) is 32.4 Å². The number of nitrogens with two attached hydrogens (primary N) is 1. The van der Waals surface area contributed by atoms with Crippen LogP contribution in [0, 0.1) is 0 Å². The molecule has 0 saturated heterocycles. The van der Waals surface area contributed by atoms with Gasteiger partial charge in [0.05, 0.1) is 11.7 Å². The number of anilines is 1. The van der Waals surface area contributed by atoms with Crippen LogP contribution >= 0.6 is 35.5 Å². The number of rotatable bonds is 6. The van der Waals surface area contributed by atoms with Gasteiger partial charge in [0.2, 0.25) is 5.91 Å². The number of hydrogen-bond donors (Lipinski definition) is 2. The summed E-state index contributed by atoms with van der Waals surface area (Å²) in [6, 6.07) is -0.449. The number of nitrogens with one attached hydrogen (secondary N) is 1. The van der Waals surface area contributed by atoms with Crippen molar-refractivity contribution in [3.63, 3.8) is 0 Å². The fourth-order valence-corrected chi connectivity index (χ4v) is 3.69. The van der Waals surface area contributed by atoms with Crippen molar-refractivity contribution in [3.05, 3.63) is 10.6 Å². The topological polar surface area (TPSA) is 71.2 Å². The third-order valence-electron chi connectivity index (χ3n) is 3.46. The number of amides is 1. The Kier molecular flexibility index (Phi) is 7.97. The Balaban J connectivity index is 0.00000220. The standard InChI is InChI=1S/C13H22N4OS2.ClH/c1-3-17-6-4-10-11(8-17)20-13(15-10)16-12(18)9(14)5-7-19-2;/h9H,3-8,14H2,1-2H3,(H,15,16,18);1H. The van der Waals surface area contributed by atoms with Crippen LogP contribution in [-0.2, 0) is 17.8 Å². The highest BCUT2D eigenvalue weighted by atomic mass is 35.5. The van der Waals surface area contributed by atoms with Crippen LogP contribution in [-0.4, -0.2) is 46.9 Å². The molecule has 1 aromatic rings. The van der Waals surface area contributed by atoms with Gasteiger partial charge in [-0.1, -0.05) is 6.92 Å². The van der Waals surface area contributed by atoms with Crippen LogP contribution in [0.25, 0.3) is 0 Å². The van der Waals surface area contributed by atoms with Gasteiger partial charge in [0.25, 0.3) is 0 Å². The second-order valence-electron chi connectivity index (χ2n) is 4.88. The molecule has 2 heterocycles. The summed E-state index contributed by atoms with van der Waals surface area (Å²) in [7, 11) is 0. The van der Waals surface area contributed by atoms with Crippen LogP contribution < -0.4 is 11.1 Å². The summed E-state index contributed by atoms with van der Waals surface area (Å²) >= 11 is 3.28. The minimum absolute atomic E-state index is 0. The van der Waals surface area contributed by atoms with Crippen molar-refractivity contribution < 1.29 is 4.79 Å². The first-order chi connectivity index (χ1) is 9.63. The fourth-order valence-electron chi connectivity index (χ4n) is 2.15. The summed E-state index contributed by atoms with van der Waals surface area (Å²) in [5, 5.41) is 3.55. The molecule has 0 aliphatic carbocycles. The molecule has 1 unspecified atom stereocenters. The predicted octanol–water partition coefficient (Wildman–Crippen LogP) is 1.96. The van der Waals surface area contributed by atoms with Gasteiger partial charge in [0.1, 0.15) is 0 Å². The van der Waals surface area contributed by atoms with Crippen molar-refractivity contribution in [1.29, 1.82) is 0 Å². The highest BCUT2D eigenvalue weighted by molar-refractivity contribution is 7.98. The predicted molar refractivity (Wildman–Crippen MR) is 93.6 cm³/mol. The highest BCUT2D eigenvalue weighted by Gasteiger charge is 2.21. The van der Waals surface area contributed by atoms with Gasteiger partial charge in [-0.25, -0.2) is 4.98 Å². The van der Waals surface area contributed by atoms with Gasteiger partial charge >= 0.3 is 0 Å². The Morgan fingerprint density at radius 2 is 2.38 bits per heavy atom. The van der Waals surface area contributed by atoms with Gasteiger partial charge in [-0.3, -0.25) is 9.69 Å². The zero-order valence-corrected chi connectivity index (χ0v) is 14.9. The summed E-state index contributed by atoms with van der Waals surface area (Å²) in [5.74, 6) is 0.770. The maximum absolute atomic E-state index is 12.0. The van der Waals surface area contributed by atoms with E-state index in [1.807, 2.05) is 6.26 Å². The minimum Gasteiger partial charge on any atom is -0.320 e. The number of likely N-dealkylation sites (N-methyl/N-ethyl adjacent to an activating group) is 1. The molecule has 120 valence electrons. The molecule has 0 fully saturated rings. The number of halogens is 1. The Morgan fingerprint density at radius 3 is 3.05 bits per heavy atom. The average Bonchev–Trinajstić information content (AvgIpc) is 2.85. The zero-order chi connectivity index (χ0) is 14.5. The second-order valence-corrected chi connectivity index (χ2v) is 6.95. The summed E-state index contributed by atoms with van der Waals surface area (Å²) in [5.41, 5.74) is 6.99. The normalized spacial score (nSPS) is 16.0. The Hall–Kier alpha value is -0.340. The molecule has 1 aromatic heterocycles. The first-order valence-corrected chi connectivity index (χ1v) is 9.11. The molecule has 8 heteroatoms. The molecule has 0 bridgehead atoms. The maximum Gasteiger partial charge on any atom is 0.243 e. The first kappa shape index (κ1) is 18.7. The van der Waals surface area contributed by atoms with Crippen molar-refractivity contribution in [2.75, 3.05) is 30.4 Å². The van der Waals surface area contributed by atoms with E-state index >= 15 is 0 Å². The fraction of sp³-hybridized carbons (Fsp3) is 0.692. The lowest BCUT2D eigenvalue weighted by Gasteiger charge is -2.23. The van der Waals surface area contributed by atoms with E-state index in [0.717, 1.165) is 37.5 Å². The van der Waals surface area contributed by atoms with Crippen LogP contribution in [0.5, 0.6) is 0 Å². The molecule has 0 saturated carbocycles. The molecule has 0 aromatic carbocycles. The molecule has 1 atom stereocenters. The smallest absolute Gasteiger partial charge is 0.243 e. The van der Waals surface area contributed by atoms with Gasteiger partial charge < -0.3 is 11.1 Å². The third kappa shape index (κ3) is 5.10. The molecule has 2 rings (SSSR count). The largest absolute Gasteiger partial charge is 0.320 e. The van der Waals surface area contributed by atoms with Gasteiger partial charge in [-0.15, -0.1) is 23.7 Å². The molecule has 0 radical (unpaired) electrons. The monoisotopic (exact) mass is 350 g/mol. The van der Waals surface area contributed by atoms with Crippen LogP contribution in [0.4, 0.5) is 5.13 Å². The van der Waals surface area contributed by atoms with Crippen molar-refractivity contribution in [1.82, 2.24) is 9.88 Å². The molecule has 1 aliphatic rings. The molecule has 3 N–H and O–H groups in total. The third-order valence-corrected chi connectivity index (χ3v) is 5.10. The van der Waals surface area contributed by atoms with E-state index in [2.05, 4.69) is 22.1 Å². The molecule has 21 heavy (non-hydrogen) atoms. The molecule has 1 aliphatic heterocycles. The van der Waals surface area contributed by atoms with E-state index < -0.39 is 6.04 Å². The van der Waals surface area contributed by atoms with Crippen LogP contribution in [0.2, 0.25) is 0 Å². The highest BCUT2D eigenvalue weighted by Crippen LogP contribution is 2.28. The summed E-state index contributed by atoms with van der Waals surface area (Å²) in [6.45, 7) is 5.21. The minimum atomic E-state index is -0.449. The molecular weight excluding hydrogens is 328 g/mol. The molecule has 1 amide bonds. The van der Waals surface area contributed by atoms with E-state index in [0.29, 0.717) is 11.6 Å². The Morgan fingerprint density at radius 1 is 1.62 bits per heavy atom. The number of fused-ring (bicyclic) bond motifs is 1. The van der Waals surface area contributed by atoms with Crippen molar-refractivity contribution in [3.8, 4) is 0 Å². The van der Waals surface area contributed by atoms with Gasteiger partial charge in [-0.05, 0) is 25.0 Å². The Labute approximate surface area is 140 Å². The van der Waals surface area contributed by atoms with Crippen LogP contribution in [0.15, 0.2) is 0 Å². The van der Waals surface area contributed by atoms with Gasteiger partial charge in [0.15, 0.2) is 5.13 Å².